The van der Waals surface area contributed by atoms with E-state index in [1.165, 1.54) is 20.8 Å². The molecule has 12 heteroatoms. The van der Waals surface area contributed by atoms with Crippen molar-refractivity contribution in [3.63, 3.8) is 0 Å². The molecule has 0 radical (unpaired) electrons. The summed E-state index contributed by atoms with van der Waals surface area (Å²) in [4.78, 5) is 25.7. The first-order valence-electron chi connectivity index (χ1n) is 9.92. The smallest absolute Gasteiger partial charge is 0.416 e. The van der Waals surface area contributed by atoms with Gasteiger partial charge in [0, 0.05) is 5.56 Å². The van der Waals surface area contributed by atoms with Crippen LogP contribution in [0, 0.1) is 0 Å². The average Bonchev–Trinajstić information content (AvgIpc) is 2.52. The van der Waals surface area contributed by atoms with Crippen LogP contribution < -0.4 is 5.32 Å². The highest BCUT2D eigenvalue weighted by atomic mass is 19.4. The predicted molar refractivity (Wildman–Crippen MR) is 105 cm³/mol. The highest BCUT2D eigenvalue weighted by molar-refractivity contribution is 5.74. The first-order chi connectivity index (χ1) is 14.6. The average molecular weight is 484 g/mol. The van der Waals surface area contributed by atoms with Crippen molar-refractivity contribution in [2.45, 2.75) is 70.6 Å². The van der Waals surface area contributed by atoms with E-state index in [2.05, 4.69) is 5.32 Å². The van der Waals surface area contributed by atoms with Gasteiger partial charge in [-0.1, -0.05) is 6.07 Å². The van der Waals surface area contributed by atoms with Crippen molar-refractivity contribution >= 4 is 12.2 Å². The Hall–Kier alpha value is -2.66. The van der Waals surface area contributed by atoms with Crippen molar-refractivity contribution in [3.8, 4) is 0 Å². The molecule has 2 rings (SSSR count). The molecule has 0 atom stereocenters. The molecule has 1 saturated heterocycles. The summed E-state index contributed by atoms with van der Waals surface area (Å²) in [7, 11) is 0. The van der Waals surface area contributed by atoms with E-state index < -0.39 is 71.1 Å². The summed E-state index contributed by atoms with van der Waals surface area (Å²) >= 11 is 0. The van der Waals surface area contributed by atoms with Crippen molar-refractivity contribution in [2.24, 2.45) is 0 Å². The number of carbonyl (C=O) groups excluding carboxylic acids is 2. The maximum Gasteiger partial charge on any atom is 0.416 e. The standard InChI is InChI=1S/C21H26F6N2O4/c1-17(2,3)32-15(30)28-19(10-29(11-19)16(31)33-18(4,5)6)14-12(20(22,23)24)8-7-9-13(14)21(25,26)27/h7-9H,10-11H2,1-6H3,(H,28,30). The number of alkyl carbamates (subject to hydrolysis) is 1. The lowest BCUT2D eigenvalue weighted by molar-refractivity contribution is -0.147. The Morgan fingerprint density at radius 2 is 1.27 bits per heavy atom. The van der Waals surface area contributed by atoms with Crippen LogP contribution in [-0.2, 0) is 27.4 Å². The maximum atomic E-state index is 13.8. The third-order valence-electron chi connectivity index (χ3n) is 4.47. The molecule has 1 fully saturated rings. The number of alkyl halides is 6. The zero-order valence-electron chi connectivity index (χ0n) is 19.0. The van der Waals surface area contributed by atoms with Crippen molar-refractivity contribution in [1.82, 2.24) is 10.2 Å². The second kappa shape index (κ2) is 8.28. The van der Waals surface area contributed by atoms with Gasteiger partial charge in [-0.2, -0.15) is 26.3 Å². The molecule has 2 amide bonds. The topological polar surface area (TPSA) is 67.9 Å². The van der Waals surface area contributed by atoms with E-state index in [9.17, 15) is 35.9 Å². The number of halogens is 6. The quantitative estimate of drug-likeness (QED) is 0.548. The van der Waals surface area contributed by atoms with Gasteiger partial charge in [-0.25, -0.2) is 9.59 Å². The molecule has 0 aliphatic carbocycles. The van der Waals surface area contributed by atoms with Crippen molar-refractivity contribution in [2.75, 3.05) is 13.1 Å². The number of nitrogens with zero attached hydrogens (tertiary/aromatic N) is 1. The van der Waals surface area contributed by atoms with Crippen LogP contribution in [0.2, 0.25) is 0 Å². The molecular weight excluding hydrogens is 458 g/mol. The third kappa shape index (κ3) is 6.44. The van der Waals surface area contributed by atoms with Crippen LogP contribution >= 0.6 is 0 Å². The number of nitrogens with one attached hydrogen (secondary N) is 1. The highest BCUT2D eigenvalue weighted by Crippen LogP contribution is 2.47. The van der Waals surface area contributed by atoms with E-state index >= 15 is 0 Å². The van der Waals surface area contributed by atoms with E-state index in [0.717, 1.165) is 4.90 Å². The molecule has 0 spiro atoms. The Balaban J connectivity index is 2.61. The van der Waals surface area contributed by atoms with E-state index in [-0.39, 0.29) is 0 Å². The Labute approximate surface area is 187 Å². The molecule has 6 nitrogen and oxygen atoms in total. The lowest BCUT2D eigenvalue weighted by Gasteiger charge is -2.51. The van der Waals surface area contributed by atoms with Gasteiger partial charge in [-0.15, -0.1) is 0 Å². The van der Waals surface area contributed by atoms with Gasteiger partial charge in [0.2, 0.25) is 0 Å². The van der Waals surface area contributed by atoms with Crippen LogP contribution in [0.25, 0.3) is 0 Å². The minimum atomic E-state index is -5.16. The van der Waals surface area contributed by atoms with Gasteiger partial charge < -0.3 is 19.7 Å². The molecule has 0 saturated carbocycles. The van der Waals surface area contributed by atoms with Gasteiger partial charge in [0.05, 0.1) is 24.2 Å². The minimum absolute atomic E-state index is 0.499. The number of hydrogen-bond donors (Lipinski definition) is 1. The fourth-order valence-electron chi connectivity index (χ4n) is 3.40. The zero-order chi connectivity index (χ0) is 25.6. The summed E-state index contributed by atoms with van der Waals surface area (Å²) in [6, 6.07) is 1.64. The fourth-order valence-corrected chi connectivity index (χ4v) is 3.40. The van der Waals surface area contributed by atoms with Crippen LogP contribution in [0.5, 0.6) is 0 Å². The molecular formula is C21H26F6N2O4. The number of ether oxygens (including phenoxy) is 2. The predicted octanol–water partition coefficient (Wildman–Crippen LogP) is 5.69. The first kappa shape index (κ1) is 26.6. The fraction of sp³-hybridized carbons (Fsp3) is 0.619. The summed E-state index contributed by atoms with van der Waals surface area (Å²) in [6.07, 6.45) is -12.5. The van der Waals surface area contributed by atoms with Gasteiger partial charge in [0.25, 0.3) is 0 Å². The number of rotatable bonds is 2. The lowest BCUT2D eigenvalue weighted by Crippen LogP contribution is -2.70. The normalized spacial score (nSPS) is 16.7. The molecule has 0 aromatic heterocycles. The van der Waals surface area contributed by atoms with Crippen molar-refractivity contribution < 1.29 is 45.4 Å². The number of amides is 2. The summed E-state index contributed by atoms with van der Waals surface area (Å²) in [5.41, 5.74) is -8.56. The number of likely N-dealkylation sites (tertiary alicyclic amines) is 1. The highest BCUT2D eigenvalue weighted by Gasteiger charge is 2.56. The van der Waals surface area contributed by atoms with Crippen LogP contribution in [0.1, 0.15) is 58.2 Å². The van der Waals surface area contributed by atoms with Crippen LogP contribution in [-0.4, -0.2) is 41.4 Å². The summed E-state index contributed by atoms with van der Waals surface area (Å²) < 4.78 is 92.9. The van der Waals surface area contributed by atoms with Gasteiger partial charge >= 0.3 is 24.5 Å². The summed E-state index contributed by atoms with van der Waals surface area (Å²) in [5, 5.41) is 2.16. The molecule has 1 aromatic rings. The molecule has 0 bridgehead atoms. The second-order valence-electron chi connectivity index (χ2n) is 9.77. The Kier molecular flexibility index (Phi) is 6.67. The van der Waals surface area contributed by atoms with Gasteiger partial charge in [-0.05, 0) is 53.7 Å². The molecule has 33 heavy (non-hydrogen) atoms. The van der Waals surface area contributed by atoms with Crippen LogP contribution in [0.4, 0.5) is 35.9 Å². The molecule has 186 valence electrons. The first-order valence-corrected chi connectivity index (χ1v) is 9.92. The number of carbonyl (C=O) groups is 2. The van der Waals surface area contributed by atoms with Crippen LogP contribution in [0.3, 0.4) is 0 Å². The van der Waals surface area contributed by atoms with E-state index in [4.69, 9.17) is 9.47 Å². The zero-order valence-corrected chi connectivity index (χ0v) is 19.0. The van der Waals surface area contributed by atoms with E-state index in [1.807, 2.05) is 0 Å². The monoisotopic (exact) mass is 484 g/mol. The van der Waals surface area contributed by atoms with E-state index in [0.29, 0.717) is 18.2 Å². The van der Waals surface area contributed by atoms with Crippen molar-refractivity contribution in [1.29, 1.82) is 0 Å². The molecule has 1 aromatic carbocycles. The molecule has 1 aliphatic rings. The van der Waals surface area contributed by atoms with Gasteiger partial charge in [0.1, 0.15) is 16.7 Å². The van der Waals surface area contributed by atoms with Gasteiger partial charge in [-0.3, -0.25) is 0 Å². The Morgan fingerprint density at radius 1 is 0.848 bits per heavy atom. The Bertz CT molecular complexity index is 875. The largest absolute Gasteiger partial charge is 0.444 e. The van der Waals surface area contributed by atoms with Crippen molar-refractivity contribution in [3.05, 3.63) is 34.9 Å². The maximum absolute atomic E-state index is 13.8. The van der Waals surface area contributed by atoms with E-state index in [1.54, 1.807) is 20.8 Å². The molecule has 0 unspecified atom stereocenters. The minimum Gasteiger partial charge on any atom is -0.444 e. The third-order valence-corrected chi connectivity index (χ3v) is 4.47. The Morgan fingerprint density at radius 3 is 1.64 bits per heavy atom. The number of hydrogen-bond acceptors (Lipinski definition) is 4. The molecule has 1 heterocycles. The lowest BCUT2D eigenvalue weighted by atomic mass is 9.77. The second-order valence-corrected chi connectivity index (χ2v) is 9.77. The van der Waals surface area contributed by atoms with Crippen LogP contribution in [0.15, 0.2) is 18.2 Å². The summed E-state index contributed by atoms with van der Waals surface area (Å²) in [6.45, 7) is 7.74. The number of benzene rings is 1. The van der Waals surface area contributed by atoms with Gasteiger partial charge in [0.15, 0.2) is 0 Å². The molecule has 1 aliphatic heterocycles. The SMILES string of the molecule is CC(C)(C)OC(=O)NC1(c2c(C(F)(F)F)cccc2C(F)(F)F)CN(C(=O)OC(C)(C)C)C1. The molecule has 1 N–H and O–H groups in total. The summed E-state index contributed by atoms with van der Waals surface area (Å²) in [5.74, 6) is 0.